The molecule has 27 heavy (non-hydrogen) atoms. The van der Waals surface area contributed by atoms with Gasteiger partial charge in [0.2, 0.25) is 5.91 Å². The minimum atomic E-state index is -0.599. The minimum Gasteiger partial charge on any atom is -0.452 e. The van der Waals surface area contributed by atoms with Crippen LogP contribution in [-0.2, 0) is 20.9 Å². The van der Waals surface area contributed by atoms with Crippen LogP contribution in [0, 0.1) is 6.92 Å². The predicted octanol–water partition coefficient (Wildman–Crippen LogP) is 3.95. The van der Waals surface area contributed by atoms with Crippen molar-refractivity contribution in [2.45, 2.75) is 20.4 Å². The van der Waals surface area contributed by atoms with Gasteiger partial charge in [0.15, 0.2) is 6.61 Å². The highest BCUT2D eigenvalue weighted by Gasteiger charge is 2.13. The number of aryl methyl sites for hydroxylation is 1. The van der Waals surface area contributed by atoms with Crippen molar-refractivity contribution in [3.63, 3.8) is 0 Å². The van der Waals surface area contributed by atoms with Crippen molar-refractivity contribution in [2.24, 2.45) is 0 Å². The number of hydrogen-bond donors (Lipinski definition) is 2. The smallest absolute Gasteiger partial charge is 0.338 e. The molecule has 0 aliphatic rings. The largest absolute Gasteiger partial charge is 0.452 e. The molecule has 142 valence electrons. The van der Waals surface area contributed by atoms with Gasteiger partial charge in [-0.25, -0.2) is 4.79 Å². The lowest BCUT2D eigenvalue weighted by atomic mass is 10.1. The highest BCUT2D eigenvalue weighted by molar-refractivity contribution is 9.11. The Kier molecular flexibility index (Phi) is 7.55. The second kappa shape index (κ2) is 9.66. The van der Waals surface area contributed by atoms with Gasteiger partial charge in [0.1, 0.15) is 0 Å². The van der Waals surface area contributed by atoms with Crippen LogP contribution in [0.5, 0.6) is 0 Å². The number of benzene rings is 2. The third kappa shape index (κ3) is 6.48. The minimum absolute atomic E-state index is 0.128. The summed E-state index contributed by atoms with van der Waals surface area (Å²) in [6.45, 7) is 3.35. The molecule has 0 radical (unpaired) electrons. The molecule has 0 atom stereocenters. The first-order valence-corrected chi connectivity index (χ1v) is 9.61. The van der Waals surface area contributed by atoms with Gasteiger partial charge in [-0.1, -0.05) is 12.1 Å². The zero-order chi connectivity index (χ0) is 20.0. The first kappa shape index (κ1) is 21.1. The van der Waals surface area contributed by atoms with Gasteiger partial charge in [-0.2, -0.15) is 0 Å². The van der Waals surface area contributed by atoms with Crippen LogP contribution in [0.15, 0.2) is 45.3 Å². The number of carbonyl (C=O) groups excluding carboxylic acids is 3. The lowest BCUT2D eigenvalue weighted by Gasteiger charge is -2.11. The molecular weight excluding hydrogens is 480 g/mol. The molecule has 0 heterocycles. The fourth-order valence-corrected chi connectivity index (χ4v) is 3.81. The van der Waals surface area contributed by atoms with Crippen molar-refractivity contribution in [3.8, 4) is 0 Å². The topological polar surface area (TPSA) is 84.5 Å². The molecule has 2 N–H and O–H groups in total. The number of amides is 2. The molecule has 8 heteroatoms. The van der Waals surface area contributed by atoms with Crippen molar-refractivity contribution >= 4 is 55.3 Å². The number of ether oxygens (including phenoxy) is 1. The summed E-state index contributed by atoms with van der Waals surface area (Å²) in [5.41, 5.74) is 2.78. The molecule has 0 aliphatic heterocycles. The van der Waals surface area contributed by atoms with E-state index >= 15 is 0 Å². The molecular formula is C19H18Br2N2O4. The Labute approximate surface area is 173 Å². The number of rotatable bonds is 6. The van der Waals surface area contributed by atoms with E-state index in [0.717, 1.165) is 20.1 Å². The summed E-state index contributed by atoms with van der Waals surface area (Å²) < 4.78 is 6.50. The number of halogens is 2. The van der Waals surface area contributed by atoms with Crippen molar-refractivity contribution in [1.29, 1.82) is 0 Å². The highest BCUT2D eigenvalue weighted by Crippen LogP contribution is 2.32. The van der Waals surface area contributed by atoms with Crippen LogP contribution >= 0.6 is 31.9 Å². The van der Waals surface area contributed by atoms with E-state index in [1.54, 1.807) is 24.3 Å². The Hall–Kier alpha value is -2.19. The Morgan fingerprint density at radius 2 is 1.63 bits per heavy atom. The molecule has 6 nitrogen and oxygen atoms in total. The third-order valence-corrected chi connectivity index (χ3v) is 4.77. The van der Waals surface area contributed by atoms with Crippen LogP contribution in [0.2, 0.25) is 0 Å². The molecule has 0 aliphatic carbocycles. The van der Waals surface area contributed by atoms with E-state index in [4.69, 9.17) is 4.74 Å². The lowest BCUT2D eigenvalue weighted by Crippen LogP contribution is -2.21. The summed E-state index contributed by atoms with van der Waals surface area (Å²) in [4.78, 5) is 35.0. The number of hydrogen-bond acceptors (Lipinski definition) is 4. The molecule has 0 aromatic heterocycles. The summed E-state index contributed by atoms with van der Waals surface area (Å²) in [5.74, 6) is -1.18. The van der Waals surface area contributed by atoms with Crippen molar-refractivity contribution in [1.82, 2.24) is 5.32 Å². The van der Waals surface area contributed by atoms with E-state index in [0.29, 0.717) is 17.8 Å². The maximum Gasteiger partial charge on any atom is 0.338 e. The first-order valence-electron chi connectivity index (χ1n) is 8.02. The van der Waals surface area contributed by atoms with Gasteiger partial charge in [0.25, 0.3) is 5.91 Å². The van der Waals surface area contributed by atoms with E-state index in [1.165, 1.54) is 6.92 Å². The molecule has 2 aromatic rings. The number of nitrogens with one attached hydrogen (secondary N) is 2. The zero-order valence-electron chi connectivity index (χ0n) is 14.8. The maximum atomic E-state index is 12.1. The normalized spacial score (nSPS) is 10.2. The van der Waals surface area contributed by atoms with Gasteiger partial charge in [-0.15, -0.1) is 0 Å². The molecule has 2 aromatic carbocycles. The van der Waals surface area contributed by atoms with Gasteiger partial charge >= 0.3 is 5.97 Å². The summed E-state index contributed by atoms with van der Waals surface area (Å²) in [6, 6.07) is 10.3. The molecule has 0 spiro atoms. The molecule has 0 saturated heterocycles. The van der Waals surface area contributed by atoms with Crippen LogP contribution in [0.25, 0.3) is 0 Å². The van der Waals surface area contributed by atoms with E-state index in [1.807, 2.05) is 19.1 Å². The van der Waals surface area contributed by atoms with Crippen molar-refractivity contribution in [3.05, 3.63) is 62.0 Å². The molecule has 0 bridgehead atoms. The summed E-state index contributed by atoms with van der Waals surface area (Å²) in [7, 11) is 0. The van der Waals surface area contributed by atoms with Gasteiger partial charge in [-0.3, -0.25) is 9.59 Å². The average molecular weight is 498 g/mol. The second-order valence-electron chi connectivity index (χ2n) is 5.83. The fraction of sp³-hybridized carbons (Fsp3) is 0.211. The fourth-order valence-electron chi connectivity index (χ4n) is 2.19. The predicted molar refractivity (Wildman–Crippen MR) is 109 cm³/mol. The Bertz CT molecular complexity index is 844. The number of carbonyl (C=O) groups is 3. The Balaban J connectivity index is 1.89. The average Bonchev–Trinajstić information content (AvgIpc) is 2.61. The number of anilines is 1. The van der Waals surface area contributed by atoms with Gasteiger partial charge in [0.05, 0.1) is 11.3 Å². The molecule has 0 unspecified atom stereocenters. The van der Waals surface area contributed by atoms with E-state index in [2.05, 4.69) is 42.5 Å². The van der Waals surface area contributed by atoms with Gasteiger partial charge in [0, 0.05) is 22.4 Å². The number of esters is 1. The van der Waals surface area contributed by atoms with E-state index in [-0.39, 0.29) is 5.91 Å². The van der Waals surface area contributed by atoms with Crippen LogP contribution in [0.4, 0.5) is 5.69 Å². The third-order valence-electron chi connectivity index (χ3n) is 3.52. The quantitative estimate of drug-likeness (QED) is 0.592. The summed E-state index contributed by atoms with van der Waals surface area (Å²) >= 11 is 6.79. The highest BCUT2D eigenvalue weighted by atomic mass is 79.9. The van der Waals surface area contributed by atoms with Gasteiger partial charge < -0.3 is 15.4 Å². The maximum absolute atomic E-state index is 12.1. The standard InChI is InChI=1S/C19H18Br2N2O4/c1-11-7-15(20)18(16(21)8-11)23-17(25)10-27-19(26)14-5-3-13(4-6-14)9-22-12(2)24/h3-8H,9-10H2,1-2H3,(H,22,24)(H,23,25). The van der Waals surface area contributed by atoms with Crippen LogP contribution in [0.3, 0.4) is 0 Å². The first-order chi connectivity index (χ1) is 12.8. The van der Waals surface area contributed by atoms with Crippen LogP contribution in [-0.4, -0.2) is 24.4 Å². The molecule has 0 saturated carbocycles. The summed E-state index contributed by atoms with van der Waals surface area (Å²) in [6.07, 6.45) is 0. The lowest BCUT2D eigenvalue weighted by molar-refractivity contribution is -0.119. The second-order valence-corrected chi connectivity index (χ2v) is 7.54. The van der Waals surface area contributed by atoms with Crippen LogP contribution < -0.4 is 10.6 Å². The molecule has 0 fully saturated rings. The molecule has 2 amide bonds. The Morgan fingerprint density at radius 3 is 2.19 bits per heavy atom. The van der Waals surface area contributed by atoms with Crippen molar-refractivity contribution in [2.75, 3.05) is 11.9 Å². The molecule has 2 rings (SSSR count). The van der Waals surface area contributed by atoms with Crippen LogP contribution in [0.1, 0.15) is 28.4 Å². The summed E-state index contributed by atoms with van der Waals surface area (Å²) in [5, 5.41) is 5.37. The Morgan fingerprint density at radius 1 is 1.04 bits per heavy atom. The SMILES string of the molecule is CC(=O)NCc1ccc(C(=O)OCC(=O)Nc2c(Br)cc(C)cc2Br)cc1. The van der Waals surface area contributed by atoms with Crippen molar-refractivity contribution < 1.29 is 19.1 Å². The monoisotopic (exact) mass is 496 g/mol. The van der Waals surface area contributed by atoms with Gasteiger partial charge in [-0.05, 0) is 74.2 Å². The zero-order valence-corrected chi connectivity index (χ0v) is 17.9. The van der Waals surface area contributed by atoms with E-state index < -0.39 is 18.5 Å². The van der Waals surface area contributed by atoms with E-state index in [9.17, 15) is 14.4 Å².